The van der Waals surface area contributed by atoms with Gasteiger partial charge in [0.25, 0.3) is 15.9 Å². The van der Waals surface area contributed by atoms with Crippen LogP contribution in [0, 0.1) is 0 Å². The average Bonchev–Trinajstić information content (AvgIpc) is 3.15. The maximum atomic E-state index is 12.5. The highest BCUT2D eigenvalue weighted by Gasteiger charge is 2.32. The number of nitrogens with zero attached hydrogens (tertiary/aromatic N) is 2. The van der Waals surface area contributed by atoms with Gasteiger partial charge in [0, 0.05) is 26.2 Å². The Kier molecular flexibility index (Phi) is 4.98. The maximum Gasteiger partial charge on any atom is 0.289 e. The van der Waals surface area contributed by atoms with Gasteiger partial charge in [-0.15, -0.1) is 11.3 Å². The monoisotopic (exact) mass is 482 g/mol. The van der Waals surface area contributed by atoms with Crippen molar-refractivity contribution < 1.29 is 17.6 Å². The Hall–Kier alpha value is -0.680. The van der Waals surface area contributed by atoms with Gasteiger partial charge in [0.05, 0.1) is 3.79 Å². The molecule has 10 heteroatoms. The molecule has 1 fully saturated rings. The predicted octanol–water partition coefficient (Wildman–Crippen LogP) is 3.01. The van der Waals surface area contributed by atoms with Crippen LogP contribution < -0.4 is 0 Å². The fourth-order valence-corrected chi connectivity index (χ4v) is 6.17. The van der Waals surface area contributed by atoms with Crippen molar-refractivity contribution in [3.05, 3.63) is 38.5 Å². The van der Waals surface area contributed by atoms with Crippen molar-refractivity contribution in [2.24, 2.45) is 0 Å². The molecule has 0 bridgehead atoms. The lowest BCUT2D eigenvalue weighted by Gasteiger charge is -2.33. The molecule has 3 rings (SSSR count). The zero-order valence-electron chi connectivity index (χ0n) is 11.7. The first-order chi connectivity index (χ1) is 10.9. The summed E-state index contributed by atoms with van der Waals surface area (Å²) in [6.45, 7) is 1.21. The number of rotatable bonds is 3. The van der Waals surface area contributed by atoms with E-state index in [0.717, 1.165) is 3.79 Å². The van der Waals surface area contributed by atoms with E-state index in [2.05, 4.69) is 31.9 Å². The van der Waals surface area contributed by atoms with Crippen molar-refractivity contribution in [2.75, 3.05) is 26.2 Å². The summed E-state index contributed by atoms with van der Waals surface area (Å²) >= 11 is 7.62. The molecule has 124 valence electrons. The Balaban J connectivity index is 1.67. The first-order valence-electron chi connectivity index (χ1n) is 6.68. The van der Waals surface area contributed by atoms with Gasteiger partial charge in [-0.2, -0.15) is 4.31 Å². The minimum atomic E-state index is -3.50. The van der Waals surface area contributed by atoms with Crippen molar-refractivity contribution in [1.82, 2.24) is 9.21 Å². The lowest BCUT2D eigenvalue weighted by atomic mass is 10.3. The molecule has 0 atom stereocenters. The first-order valence-corrected chi connectivity index (χ1v) is 10.5. The van der Waals surface area contributed by atoms with Crippen LogP contribution in [0.1, 0.15) is 10.6 Å². The Morgan fingerprint density at radius 1 is 1.09 bits per heavy atom. The Labute approximate surface area is 154 Å². The van der Waals surface area contributed by atoms with Gasteiger partial charge in [-0.3, -0.25) is 4.79 Å². The van der Waals surface area contributed by atoms with Crippen LogP contribution in [0.3, 0.4) is 0 Å². The highest BCUT2D eigenvalue weighted by Crippen LogP contribution is 2.29. The van der Waals surface area contributed by atoms with Crippen LogP contribution in [0.2, 0.25) is 0 Å². The molecule has 2 aromatic rings. The Bertz CT molecular complexity index is 823. The van der Waals surface area contributed by atoms with Crippen molar-refractivity contribution in [1.29, 1.82) is 0 Å². The van der Waals surface area contributed by atoms with Crippen molar-refractivity contribution in [3.8, 4) is 0 Å². The van der Waals surface area contributed by atoms with Crippen LogP contribution in [-0.4, -0.2) is 49.7 Å². The summed E-state index contributed by atoms with van der Waals surface area (Å²) in [6.07, 6.45) is 0. The molecule has 0 aromatic carbocycles. The molecule has 0 N–H and O–H groups in total. The van der Waals surface area contributed by atoms with Gasteiger partial charge in [0.1, 0.15) is 4.21 Å². The van der Waals surface area contributed by atoms with E-state index in [4.69, 9.17) is 4.42 Å². The van der Waals surface area contributed by atoms with Crippen LogP contribution in [-0.2, 0) is 10.0 Å². The zero-order chi connectivity index (χ0) is 16.6. The van der Waals surface area contributed by atoms with E-state index in [1.54, 1.807) is 29.2 Å². The third kappa shape index (κ3) is 3.55. The van der Waals surface area contributed by atoms with Crippen LogP contribution >= 0.6 is 43.2 Å². The Morgan fingerprint density at radius 3 is 2.30 bits per heavy atom. The van der Waals surface area contributed by atoms with E-state index < -0.39 is 10.0 Å². The van der Waals surface area contributed by atoms with Gasteiger partial charge >= 0.3 is 0 Å². The summed E-state index contributed by atoms with van der Waals surface area (Å²) in [5.41, 5.74) is 0. The number of carbonyl (C=O) groups excluding carboxylic acids is 1. The molecule has 0 saturated carbocycles. The molecule has 0 aliphatic carbocycles. The van der Waals surface area contributed by atoms with Crippen LogP contribution in [0.5, 0.6) is 0 Å². The highest BCUT2D eigenvalue weighted by atomic mass is 79.9. The van der Waals surface area contributed by atoms with Gasteiger partial charge in [0.15, 0.2) is 10.4 Å². The first kappa shape index (κ1) is 17.2. The number of carbonyl (C=O) groups is 1. The number of piperazine rings is 1. The number of sulfonamides is 1. The van der Waals surface area contributed by atoms with Gasteiger partial charge in [-0.05, 0) is 56.1 Å². The summed E-state index contributed by atoms with van der Waals surface area (Å²) in [4.78, 5) is 13.9. The minimum Gasteiger partial charge on any atom is -0.444 e. The number of halogens is 2. The van der Waals surface area contributed by atoms with Gasteiger partial charge in [-0.25, -0.2) is 8.42 Å². The third-order valence-corrected chi connectivity index (χ3v) is 7.87. The molecule has 1 amide bonds. The number of amides is 1. The van der Waals surface area contributed by atoms with E-state index in [1.165, 1.54) is 15.6 Å². The lowest BCUT2D eigenvalue weighted by Crippen LogP contribution is -2.50. The SMILES string of the molecule is O=C(c1ccc(Br)o1)N1CCN(S(=O)(=O)c2ccc(Br)s2)CC1. The summed E-state index contributed by atoms with van der Waals surface area (Å²) in [7, 11) is -3.50. The molecular formula is C13H12Br2N2O4S2. The molecule has 1 aliphatic rings. The van der Waals surface area contributed by atoms with Gasteiger partial charge in [0.2, 0.25) is 0 Å². The van der Waals surface area contributed by atoms with Gasteiger partial charge in [-0.1, -0.05) is 0 Å². The second kappa shape index (κ2) is 6.67. The van der Waals surface area contributed by atoms with Crippen molar-refractivity contribution in [2.45, 2.75) is 4.21 Å². The minimum absolute atomic E-state index is 0.230. The summed E-state index contributed by atoms with van der Waals surface area (Å²) < 4.78 is 33.3. The van der Waals surface area contributed by atoms with Gasteiger partial charge < -0.3 is 9.32 Å². The molecule has 0 spiro atoms. The van der Waals surface area contributed by atoms with Crippen molar-refractivity contribution in [3.63, 3.8) is 0 Å². The standard InChI is InChI=1S/C13H12Br2N2O4S2/c14-10-2-1-9(21-10)13(18)16-5-7-17(8-6-16)23(19,20)12-4-3-11(15)22-12/h1-4H,5-8H2. The number of furan rings is 1. The fourth-order valence-electron chi connectivity index (χ4n) is 2.28. The summed E-state index contributed by atoms with van der Waals surface area (Å²) in [5.74, 6) is 0.0157. The quantitative estimate of drug-likeness (QED) is 0.672. The topological polar surface area (TPSA) is 70.8 Å². The van der Waals surface area contributed by atoms with Crippen LogP contribution in [0.15, 0.2) is 41.3 Å². The van der Waals surface area contributed by atoms with Crippen LogP contribution in [0.25, 0.3) is 0 Å². The van der Waals surface area contributed by atoms with Crippen LogP contribution in [0.4, 0.5) is 0 Å². The molecule has 0 radical (unpaired) electrons. The second-order valence-corrected chi connectivity index (χ2v) is 10.3. The predicted molar refractivity (Wildman–Crippen MR) is 93.1 cm³/mol. The van der Waals surface area contributed by atoms with E-state index >= 15 is 0 Å². The zero-order valence-corrected chi connectivity index (χ0v) is 16.5. The maximum absolute atomic E-state index is 12.5. The number of thiophene rings is 1. The third-order valence-electron chi connectivity index (χ3n) is 3.45. The molecule has 6 nitrogen and oxygen atoms in total. The summed E-state index contributed by atoms with van der Waals surface area (Å²) in [6, 6.07) is 6.55. The molecule has 1 saturated heterocycles. The molecule has 23 heavy (non-hydrogen) atoms. The fraction of sp³-hybridized carbons (Fsp3) is 0.308. The molecule has 0 unspecified atom stereocenters. The molecule has 1 aliphatic heterocycles. The largest absolute Gasteiger partial charge is 0.444 e. The second-order valence-electron chi connectivity index (χ2n) is 4.86. The van der Waals surface area contributed by atoms with E-state index in [-0.39, 0.29) is 24.8 Å². The summed E-state index contributed by atoms with van der Waals surface area (Å²) in [5, 5.41) is 0. The lowest BCUT2D eigenvalue weighted by molar-refractivity contribution is 0.0664. The highest BCUT2D eigenvalue weighted by molar-refractivity contribution is 9.11. The van der Waals surface area contributed by atoms with Crippen molar-refractivity contribution >= 4 is 59.1 Å². The average molecular weight is 484 g/mol. The molecule has 2 aromatic heterocycles. The van der Waals surface area contributed by atoms with E-state index in [0.29, 0.717) is 22.0 Å². The molecular weight excluding hydrogens is 472 g/mol. The van der Waals surface area contributed by atoms with E-state index in [9.17, 15) is 13.2 Å². The smallest absolute Gasteiger partial charge is 0.289 e. The number of hydrogen-bond acceptors (Lipinski definition) is 5. The van der Waals surface area contributed by atoms with E-state index in [1.807, 2.05) is 0 Å². The number of hydrogen-bond donors (Lipinski definition) is 0. The Morgan fingerprint density at radius 2 is 1.78 bits per heavy atom. The normalized spacial score (nSPS) is 16.7. The molecule has 3 heterocycles.